The molecule has 35 heavy (non-hydrogen) atoms. The van der Waals surface area contributed by atoms with Crippen LogP contribution in [-0.4, -0.2) is 52.6 Å². The Bertz CT molecular complexity index is 462. The summed E-state index contributed by atoms with van der Waals surface area (Å²) in [6, 6.07) is 0. The standard InChI is InChI=1S/C18H37O4P.C10H23NO/c1-2-3-4-5-6-7-8-9-10-11-12-13-14-15-16-17-18-22-23(19,20)21;1-3-5-7-11(9-10-12)8-6-4-2/h9-10H,2-8,11-18H2,1H3,(H2,19,20,21);12H,3-10H2,1-2H3/b10-9-;. The first-order valence-corrected chi connectivity index (χ1v) is 16.1. The maximum Gasteiger partial charge on any atom is 0.469 e. The lowest BCUT2D eigenvalue weighted by molar-refractivity contribution is 0.192. The molecule has 0 spiro atoms. The van der Waals surface area contributed by atoms with E-state index in [2.05, 4.69) is 42.3 Å². The number of aliphatic hydroxyl groups is 1. The summed E-state index contributed by atoms with van der Waals surface area (Å²) in [4.78, 5) is 19.4. The molecule has 0 aromatic carbocycles. The summed E-state index contributed by atoms with van der Waals surface area (Å²) in [6.45, 7) is 10.3. The average molecular weight is 522 g/mol. The van der Waals surface area contributed by atoms with Crippen molar-refractivity contribution in [2.45, 2.75) is 136 Å². The van der Waals surface area contributed by atoms with E-state index in [0.717, 1.165) is 38.9 Å². The van der Waals surface area contributed by atoms with Gasteiger partial charge in [-0.05, 0) is 58.0 Å². The van der Waals surface area contributed by atoms with Gasteiger partial charge in [-0.2, -0.15) is 0 Å². The molecule has 7 heteroatoms. The molecule has 0 saturated heterocycles. The first-order chi connectivity index (χ1) is 16.9. The van der Waals surface area contributed by atoms with Crippen LogP contribution in [0.15, 0.2) is 12.2 Å². The molecule has 0 saturated carbocycles. The minimum Gasteiger partial charge on any atom is -0.395 e. The minimum absolute atomic E-state index is 0.158. The van der Waals surface area contributed by atoms with Crippen molar-refractivity contribution in [1.82, 2.24) is 4.90 Å². The number of nitrogens with zero attached hydrogens (tertiary/aromatic N) is 1. The molecule has 6 nitrogen and oxygen atoms in total. The summed E-state index contributed by atoms with van der Waals surface area (Å²) in [5, 5.41) is 8.79. The molecule has 0 aliphatic carbocycles. The van der Waals surface area contributed by atoms with Crippen LogP contribution in [0.1, 0.15) is 136 Å². The molecule has 0 aliphatic rings. The van der Waals surface area contributed by atoms with E-state index < -0.39 is 7.82 Å². The fraction of sp³-hybridized carbons (Fsp3) is 0.929. The number of hydrogen-bond donors (Lipinski definition) is 3. The molecule has 0 aromatic heterocycles. The van der Waals surface area contributed by atoms with Crippen LogP contribution >= 0.6 is 7.82 Å². The second kappa shape index (κ2) is 30.0. The summed E-state index contributed by atoms with van der Waals surface area (Å²) >= 11 is 0. The lowest BCUT2D eigenvalue weighted by Crippen LogP contribution is -2.28. The third-order valence-corrected chi connectivity index (χ3v) is 6.51. The average Bonchev–Trinajstić information content (AvgIpc) is 2.82. The zero-order valence-electron chi connectivity index (χ0n) is 23.5. The lowest BCUT2D eigenvalue weighted by atomic mass is 10.1. The topological polar surface area (TPSA) is 90.2 Å². The molecular weight excluding hydrogens is 461 g/mol. The van der Waals surface area contributed by atoms with Gasteiger partial charge in [0.05, 0.1) is 13.2 Å². The lowest BCUT2D eigenvalue weighted by Gasteiger charge is -2.20. The highest BCUT2D eigenvalue weighted by Crippen LogP contribution is 2.35. The van der Waals surface area contributed by atoms with Gasteiger partial charge in [0.2, 0.25) is 0 Å². The van der Waals surface area contributed by atoms with Crippen molar-refractivity contribution in [3.05, 3.63) is 12.2 Å². The molecule has 0 atom stereocenters. The van der Waals surface area contributed by atoms with Crippen molar-refractivity contribution in [3.63, 3.8) is 0 Å². The molecule has 0 rings (SSSR count). The third kappa shape index (κ3) is 36.0. The van der Waals surface area contributed by atoms with Crippen molar-refractivity contribution >= 4 is 7.82 Å². The summed E-state index contributed by atoms with van der Waals surface area (Å²) in [7, 11) is -4.26. The number of phosphoric acid groups is 1. The quantitative estimate of drug-likeness (QED) is 0.0640. The fourth-order valence-corrected chi connectivity index (χ4v) is 4.14. The van der Waals surface area contributed by atoms with Gasteiger partial charge in [0, 0.05) is 6.54 Å². The van der Waals surface area contributed by atoms with Gasteiger partial charge in [0.15, 0.2) is 0 Å². The SMILES string of the molecule is CCCCCCCC/C=C\CCCCCCCCOP(=O)(O)O.CCCCN(CCO)CCCC. The van der Waals surface area contributed by atoms with Crippen molar-refractivity contribution in [2.24, 2.45) is 0 Å². The maximum absolute atomic E-state index is 10.5. The number of rotatable bonds is 25. The first kappa shape index (κ1) is 36.9. The van der Waals surface area contributed by atoms with E-state index in [1.807, 2.05) is 0 Å². The van der Waals surface area contributed by atoms with E-state index >= 15 is 0 Å². The molecule has 212 valence electrons. The molecule has 0 aliphatic heterocycles. The summed E-state index contributed by atoms with van der Waals surface area (Å²) in [6.07, 6.45) is 26.7. The minimum atomic E-state index is -4.26. The Hall–Kier alpha value is -0.230. The van der Waals surface area contributed by atoms with E-state index in [0.29, 0.717) is 6.61 Å². The zero-order valence-corrected chi connectivity index (χ0v) is 24.4. The van der Waals surface area contributed by atoms with Gasteiger partial charge >= 0.3 is 7.82 Å². The summed E-state index contributed by atoms with van der Waals surface area (Å²) in [5.41, 5.74) is 0. The van der Waals surface area contributed by atoms with Crippen molar-refractivity contribution in [3.8, 4) is 0 Å². The number of hydrogen-bond acceptors (Lipinski definition) is 4. The molecule has 0 aromatic rings. The normalized spacial score (nSPS) is 11.9. The Morgan fingerprint density at radius 3 is 1.49 bits per heavy atom. The van der Waals surface area contributed by atoms with Crippen LogP contribution in [0, 0.1) is 0 Å². The molecular formula is C28H60NO5P. The molecule has 0 unspecified atom stereocenters. The Kier molecular flexibility index (Phi) is 31.6. The fourth-order valence-electron chi connectivity index (χ4n) is 3.77. The Balaban J connectivity index is 0. The van der Waals surface area contributed by atoms with Gasteiger partial charge in [-0.15, -0.1) is 0 Å². The van der Waals surface area contributed by atoms with Crippen molar-refractivity contribution in [1.29, 1.82) is 0 Å². The van der Waals surface area contributed by atoms with Crippen molar-refractivity contribution < 1.29 is 24.0 Å². The Morgan fingerprint density at radius 2 is 1.06 bits per heavy atom. The third-order valence-electron chi connectivity index (χ3n) is 5.99. The predicted octanol–water partition coefficient (Wildman–Crippen LogP) is 8.01. The van der Waals surface area contributed by atoms with Gasteiger partial charge in [0.1, 0.15) is 0 Å². The van der Waals surface area contributed by atoms with Crippen LogP contribution in [0.25, 0.3) is 0 Å². The van der Waals surface area contributed by atoms with Gasteiger partial charge in [-0.3, -0.25) is 4.52 Å². The first-order valence-electron chi connectivity index (χ1n) is 14.6. The number of aliphatic hydroxyl groups excluding tert-OH is 1. The molecule has 0 heterocycles. The molecule has 0 fully saturated rings. The van der Waals surface area contributed by atoms with E-state index in [9.17, 15) is 4.57 Å². The summed E-state index contributed by atoms with van der Waals surface area (Å²) in [5.74, 6) is 0. The molecule has 0 amide bonds. The zero-order chi connectivity index (χ0) is 26.5. The van der Waals surface area contributed by atoms with Gasteiger partial charge < -0.3 is 19.8 Å². The molecule has 0 bridgehead atoms. The van der Waals surface area contributed by atoms with Crippen molar-refractivity contribution in [2.75, 3.05) is 32.8 Å². The number of phosphoric ester groups is 1. The van der Waals surface area contributed by atoms with E-state index in [4.69, 9.17) is 14.9 Å². The number of allylic oxidation sites excluding steroid dienone is 2. The Labute approximate surface area is 218 Å². The van der Waals surface area contributed by atoms with Crippen LogP contribution in [-0.2, 0) is 9.09 Å². The van der Waals surface area contributed by atoms with Crippen LogP contribution in [0.5, 0.6) is 0 Å². The largest absolute Gasteiger partial charge is 0.469 e. The Morgan fingerprint density at radius 1 is 0.629 bits per heavy atom. The second-order valence-electron chi connectivity index (χ2n) is 9.53. The van der Waals surface area contributed by atoms with Crippen LogP contribution in [0.2, 0.25) is 0 Å². The highest BCUT2D eigenvalue weighted by molar-refractivity contribution is 7.46. The summed E-state index contributed by atoms with van der Waals surface area (Å²) < 4.78 is 14.9. The van der Waals surface area contributed by atoms with Gasteiger partial charge in [-0.1, -0.05) is 104 Å². The van der Waals surface area contributed by atoms with Gasteiger partial charge in [-0.25, -0.2) is 4.57 Å². The highest BCUT2D eigenvalue weighted by Gasteiger charge is 2.12. The van der Waals surface area contributed by atoms with E-state index in [1.54, 1.807) is 0 Å². The maximum atomic E-state index is 10.5. The van der Waals surface area contributed by atoms with Gasteiger partial charge in [0.25, 0.3) is 0 Å². The van der Waals surface area contributed by atoms with E-state index in [1.165, 1.54) is 96.3 Å². The molecule has 0 radical (unpaired) electrons. The number of unbranched alkanes of at least 4 members (excludes halogenated alkanes) is 14. The van der Waals surface area contributed by atoms with E-state index in [-0.39, 0.29) is 6.61 Å². The second-order valence-corrected chi connectivity index (χ2v) is 10.8. The molecule has 3 N–H and O–H groups in total. The van der Waals surface area contributed by atoms with Crippen LogP contribution in [0.4, 0.5) is 0 Å². The highest BCUT2D eigenvalue weighted by atomic mass is 31.2. The van der Waals surface area contributed by atoms with Crippen LogP contribution in [0.3, 0.4) is 0 Å². The monoisotopic (exact) mass is 521 g/mol. The van der Waals surface area contributed by atoms with Crippen LogP contribution < -0.4 is 0 Å². The smallest absolute Gasteiger partial charge is 0.395 e. The predicted molar refractivity (Wildman–Crippen MR) is 151 cm³/mol.